The summed E-state index contributed by atoms with van der Waals surface area (Å²) in [6.45, 7) is 8.11. The average molecular weight is 411 g/mol. The molecule has 2 aromatic rings. The maximum Gasteiger partial charge on any atom is 0.314 e. The molecule has 0 unspecified atom stereocenters. The molecule has 5 nitrogen and oxygen atoms in total. The third-order valence-electron chi connectivity index (χ3n) is 4.61. The van der Waals surface area contributed by atoms with E-state index in [0.29, 0.717) is 29.7 Å². The van der Waals surface area contributed by atoms with E-state index in [1.54, 1.807) is 11.0 Å². The van der Waals surface area contributed by atoms with Crippen LogP contribution in [0.2, 0.25) is 10.0 Å². The van der Waals surface area contributed by atoms with Crippen LogP contribution in [0.4, 0.5) is 4.79 Å². The summed E-state index contributed by atoms with van der Waals surface area (Å²) in [5.74, 6) is 0. The Morgan fingerprint density at radius 1 is 1.11 bits per heavy atom. The van der Waals surface area contributed by atoms with Crippen LogP contribution in [0.3, 0.4) is 0 Å². The first-order valence-electron chi connectivity index (χ1n) is 9.46. The summed E-state index contributed by atoms with van der Waals surface area (Å²) in [6, 6.07) is 5.25. The number of aromatic nitrogens is 2. The number of rotatable bonds is 9. The summed E-state index contributed by atoms with van der Waals surface area (Å²) in [5.41, 5.74) is 10.0. The minimum Gasteiger partial charge on any atom is -0.351 e. The number of urea groups is 1. The molecule has 27 heavy (non-hydrogen) atoms. The van der Waals surface area contributed by atoms with Crippen LogP contribution in [0.25, 0.3) is 0 Å². The lowest BCUT2D eigenvalue weighted by Gasteiger charge is -2.20. The number of hydrogen-bond acceptors (Lipinski definition) is 2. The molecule has 0 fully saturated rings. The van der Waals surface area contributed by atoms with Gasteiger partial charge in [0.1, 0.15) is 0 Å². The number of benzene rings is 1. The molecule has 148 valence electrons. The number of nitrogens with zero attached hydrogens (tertiary/aromatic N) is 3. The average Bonchev–Trinajstić information content (AvgIpc) is 2.93. The molecular formula is C20H28Cl2N4O. The van der Waals surface area contributed by atoms with Gasteiger partial charge in [-0.3, -0.25) is 4.68 Å². The number of aryl methyl sites for hydroxylation is 1. The first-order chi connectivity index (χ1) is 12.9. The normalized spacial score (nSPS) is 11.0. The van der Waals surface area contributed by atoms with E-state index in [9.17, 15) is 4.79 Å². The second-order valence-electron chi connectivity index (χ2n) is 6.58. The molecule has 0 aliphatic carbocycles. The Morgan fingerprint density at radius 2 is 1.78 bits per heavy atom. The van der Waals surface area contributed by atoms with E-state index in [1.807, 2.05) is 23.7 Å². The van der Waals surface area contributed by atoms with Gasteiger partial charge in [0.25, 0.3) is 0 Å². The largest absolute Gasteiger partial charge is 0.351 e. The van der Waals surface area contributed by atoms with E-state index in [2.05, 4.69) is 13.8 Å². The molecule has 0 aliphatic heterocycles. The number of primary amides is 1. The molecule has 1 aromatic carbocycles. The zero-order chi connectivity index (χ0) is 20.0. The van der Waals surface area contributed by atoms with Gasteiger partial charge in [0.05, 0.1) is 12.2 Å². The Labute approximate surface area is 171 Å². The molecule has 1 heterocycles. The predicted octanol–water partition coefficient (Wildman–Crippen LogP) is 4.70. The molecule has 0 spiro atoms. The highest BCUT2D eigenvalue weighted by Crippen LogP contribution is 2.25. The predicted molar refractivity (Wildman–Crippen MR) is 112 cm³/mol. The van der Waals surface area contributed by atoms with Crippen LogP contribution in [0.5, 0.6) is 0 Å². The van der Waals surface area contributed by atoms with Crippen molar-refractivity contribution < 1.29 is 4.79 Å². The standard InChI is InChI=1S/C20H28Cl2N4O/c1-4-7-25(20(23)27)8-9-26-19(6-3)17(18(5-2)24-26)12-14-10-15(21)13-16(22)11-14/h10-11,13H,4-9,12H2,1-3H3,(H2,23,27). The molecule has 0 radical (unpaired) electrons. The second kappa shape index (κ2) is 10.00. The van der Waals surface area contributed by atoms with Gasteiger partial charge in [-0.25, -0.2) is 4.79 Å². The summed E-state index contributed by atoms with van der Waals surface area (Å²) in [6.07, 6.45) is 3.32. The van der Waals surface area contributed by atoms with E-state index < -0.39 is 0 Å². The second-order valence-corrected chi connectivity index (χ2v) is 7.45. The van der Waals surface area contributed by atoms with Gasteiger partial charge >= 0.3 is 6.03 Å². The zero-order valence-corrected chi connectivity index (χ0v) is 17.8. The first-order valence-corrected chi connectivity index (χ1v) is 10.2. The van der Waals surface area contributed by atoms with E-state index in [0.717, 1.165) is 36.9 Å². The molecule has 0 aliphatic rings. The summed E-state index contributed by atoms with van der Waals surface area (Å²) in [5, 5.41) is 6.08. The number of nitrogens with two attached hydrogens (primary N) is 1. The van der Waals surface area contributed by atoms with Gasteiger partial charge in [-0.05, 0) is 43.0 Å². The topological polar surface area (TPSA) is 64.2 Å². The molecular weight excluding hydrogens is 383 g/mol. The first kappa shape index (κ1) is 21.6. The maximum absolute atomic E-state index is 11.6. The lowest BCUT2D eigenvalue weighted by atomic mass is 10.0. The fraction of sp³-hybridized carbons (Fsp3) is 0.500. The van der Waals surface area contributed by atoms with Crippen molar-refractivity contribution in [1.82, 2.24) is 14.7 Å². The van der Waals surface area contributed by atoms with Crippen molar-refractivity contribution >= 4 is 29.2 Å². The quantitative estimate of drug-likeness (QED) is 0.650. The van der Waals surface area contributed by atoms with Crippen molar-refractivity contribution in [3.8, 4) is 0 Å². The smallest absolute Gasteiger partial charge is 0.314 e. The molecule has 1 aromatic heterocycles. The van der Waals surface area contributed by atoms with Gasteiger partial charge < -0.3 is 10.6 Å². The molecule has 2 N–H and O–H groups in total. The van der Waals surface area contributed by atoms with Crippen molar-refractivity contribution in [2.45, 2.75) is 53.0 Å². The fourth-order valence-electron chi connectivity index (χ4n) is 3.39. The lowest BCUT2D eigenvalue weighted by molar-refractivity contribution is 0.204. The molecule has 0 saturated heterocycles. The van der Waals surface area contributed by atoms with E-state index in [1.165, 1.54) is 11.3 Å². The van der Waals surface area contributed by atoms with Gasteiger partial charge in [-0.2, -0.15) is 5.10 Å². The highest BCUT2D eigenvalue weighted by atomic mass is 35.5. The molecule has 0 bridgehead atoms. The Kier molecular flexibility index (Phi) is 7.99. The van der Waals surface area contributed by atoms with Crippen molar-refractivity contribution in [1.29, 1.82) is 0 Å². The van der Waals surface area contributed by atoms with E-state index in [-0.39, 0.29) is 6.03 Å². The number of halogens is 2. The number of carbonyl (C=O) groups excluding carboxylic acids is 1. The zero-order valence-electron chi connectivity index (χ0n) is 16.3. The summed E-state index contributed by atoms with van der Waals surface area (Å²) < 4.78 is 2.02. The van der Waals surface area contributed by atoms with Crippen molar-refractivity contribution in [2.75, 3.05) is 13.1 Å². The van der Waals surface area contributed by atoms with Crippen molar-refractivity contribution in [2.24, 2.45) is 5.73 Å². The Bertz CT molecular complexity index is 768. The summed E-state index contributed by atoms with van der Waals surface area (Å²) in [4.78, 5) is 13.3. The van der Waals surface area contributed by atoms with E-state index >= 15 is 0 Å². The fourth-order valence-corrected chi connectivity index (χ4v) is 3.96. The van der Waals surface area contributed by atoms with Gasteiger partial charge in [0.15, 0.2) is 0 Å². The van der Waals surface area contributed by atoms with Gasteiger partial charge in [-0.15, -0.1) is 0 Å². The highest BCUT2D eigenvalue weighted by molar-refractivity contribution is 6.34. The van der Waals surface area contributed by atoms with Crippen LogP contribution >= 0.6 is 23.2 Å². The minimum atomic E-state index is -0.383. The Hall–Kier alpha value is -1.72. The molecule has 2 amide bonds. The summed E-state index contributed by atoms with van der Waals surface area (Å²) >= 11 is 12.3. The third kappa shape index (κ3) is 5.63. The third-order valence-corrected chi connectivity index (χ3v) is 5.05. The number of hydrogen-bond donors (Lipinski definition) is 1. The lowest BCUT2D eigenvalue weighted by Crippen LogP contribution is -2.38. The van der Waals surface area contributed by atoms with Crippen molar-refractivity contribution in [3.05, 3.63) is 50.8 Å². The molecule has 2 rings (SSSR count). The molecule has 7 heteroatoms. The Morgan fingerprint density at radius 3 is 2.30 bits per heavy atom. The van der Waals surface area contributed by atoms with Crippen molar-refractivity contribution in [3.63, 3.8) is 0 Å². The Balaban J connectivity index is 2.28. The van der Waals surface area contributed by atoms with Crippen LogP contribution in [0.1, 0.15) is 49.7 Å². The SMILES string of the molecule is CCCN(CCn1nc(CC)c(Cc2cc(Cl)cc(Cl)c2)c1CC)C(N)=O. The van der Waals surface area contributed by atoms with Gasteiger partial charge in [0, 0.05) is 40.8 Å². The molecule has 0 atom stereocenters. The number of carbonyl (C=O) groups is 1. The highest BCUT2D eigenvalue weighted by Gasteiger charge is 2.17. The van der Waals surface area contributed by atoms with Crippen LogP contribution in [0, 0.1) is 0 Å². The van der Waals surface area contributed by atoms with Gasteiger partial charge in [0.2, 0.25) is 0 Å². The van der Waals surface area contributed by atoms with Crippen LogP contribution in [-0.2, 0) is 25.8 Å². The maximum atomic E-state index is 11.6. The molecule has 0 saturated carbocycles. The van der Waals surface area contributed by atoms with Gasteiger partial charge in [-0.1, -0.05) is 44.0 Å². The van der Waals surface area contributed by atoms with Crippen LogP contribution < -0.4 is 5.73 Å². The van der Waals surface area contributed by atoms with Crippen LogP contribution in [-0.4, -0.2) is 33.8 Å². The monoisotopic (exact) mass is 410 g/mol. The van der Waals surface area contributed by atoms with E-state index in [4.69, 9.17) is 34.0 Å². The minimum absolute atomic E-state index is 0.383. The van der Waals surface area contributed by atoms with Crippen LogP contribution in [0.15, 0.2) is 18.2 Å². The number of amides is 2. The summed E-state index contributed by atoms with van der Waals surface area (Å²) in [7, 11) is 0.